The van der Waals surface area contributed by atoms with E-state index in [0.717, 1.165) is 0 Å². The molecule has 0 spiro atoms. The quantitative estimate of drug-likeness (QED) is 0.201. The van der Waals surface area contributed by atoms with Crippen LogP contribution in [-0.2, 0) is 34.8 Å². The Bertz CT molecular complexity index is 168. The van der Waals surface area contributed by atoms with Crippen LogP contribution in [0.25, 0.3) is 0 Å². The van der Waals surface area contributed by atoms with Gasteiger partial charge in [0.05, 0.1) is 6.10 Å². The summed E-state index contributed by atoms with van der Waals surface area (Å²) in [5, 5.41) is 2.02. The average Bonchev–Trinajstić information content (AvgIpc) is 2.00. The van der Waals surface area contributed by atoms with Crippen LogP contribution in [0, 0.1) is 17.4 Å². The van der Waals surface area contributed by atoms with Crippen molar-refractivity contribution in [2.45, 2.75) is 26.9 Å². The molecule has 0 rings (SSSR count). The smallest absolute Gasteiger partial charge is 0.204 e. The number of hydrogen-bond acceptors (Lipinski definition) is 5. The van der Waals surface area contributed by atoms with Crippen molar-refractivity contribution >= 4 is 5.97 Å². The van der Waals surface area contributed by atoms with Gasteiger partial charge in [0.2, 0.25) is 5.97 Å². The third-order valence-electron chi connectivity index (χ3n) is 1.43. The van der Waals surface area contributed by atoms with E-state index in [1.165, 1.54) is 0 Å². The topological polar surface area (TPSA) is 65.0 Å². The van der Waals surface area contributed by atoms with E-state index >= 15 is 0 Å². The monoisotopic (exact) mass is 628 g/mol. The van der Waals surface area contributed by atoms with E-state index in [1.807, 2.05) is 19.2 Å². The molecule has 14 heavy (non-hydrogen) atoms. The predicted molar refractivity (Wildman–Crippen MR) is 41.6 cm³/mol. The maximum absolute atomic E-state index is 10.7. The number of esters is 1. The number of hydrogen-bond donors (Lipinski definition) is 0. The van der Waals surface area contributed by atoms with E-state index in [0.29, 0.717) is 6.61 Å². The van der Waals surface area contributed by atoms with E-state index in [-0.39, 0.29) is 32.4 Å². The van der Waals surface area contributed by atoms with Gasteiger partial charge in [-0.3, -0.25) is 4.79 Å². The van der Waals surface area contributed by atoms with Crippen LogP contribution >= 0.6 is 0 Å². The van der Waals surface area contributed by atoms with E-state index in [4.69, 9.17) is 4.74 Å². The summed E-state index contributed by atoms with van der Waals surface area (Å²) >= 11 is 0. The van der Waals surface area contributed by atoms with Crippen LogP contribution in [0.1, 0.15) is 20.8 Å². The second-order valence-corrected chi connectivity index (χ2v) is 2.68. The SMILES string of the molecule is CC(C)C(C)OC(=O)[CH-]ON=O.[Re].[Rf]. The summed E-state index contributed by atoms with van der Waals surface area (Å²) in [7, 11) is 0. The van der Waals surface area contributed by atoms with E-state index in [9.17, 15) is 9.70 Å². The molecular weight excluding hydrogens is 615 g/mol. The predicted octanol–water partition coefficient (Wildman–Crippen LogP) is 1.43. The van der Waals surface area contributed by atoms with Crippen LogP contribution < -0.4 is 0 Å². The van der Waals surface area contributed by atoms with E-state index in [2.05, 4.69) is 4.84 Å². The first-order chi connectivity index (χ1) is 5.57. The first-order valence-corrected chi connectivity index (χ1v) is 3.60. The molecule has 0 fully saturated rings. The molecule has 0 saturated carbocycles. The molecule has 1 radical (unpaired) electrons. The van der Waals surface area contributed by atoms with Crippen LogP contribution in [0.4, 0.5) is 0 Å². The van der Waals surface area contributed by atoms with E-state index < -0.39 is 5.97 Å². The van der Waals surface area contributed by atoms with Gasteiger partial charge in [0.15, 0.2) is 0 Å². The summed E-state index contributed by atoms with van der Waals surface area (Å²) in [6, 6.07) is 0. The molecule has 0 aliphatic rings. The van der Waals surface area contributed by atoms with Gasteiger partial charge in [-0.25, -0.2) is 0 Å². The fourth-order valence-electron chi connectivity index (χ4n) is 0.412. The van der Waals surface area contributed by atoms with Crippen LogP contribution in [0.15, 0.2) is 5.34 Å². The molecule has 0 bridgehead atoms. The Kier molecular flexibility index (Phi) is 12.4. The summed E-state index contributed by atoms with van der Waals surface area (Å²) < 4.78 is 4.80. The number of ether oxygens (including phenoxy) is 1. The second-order valence-electron chi connectivity index (χ2n) is 2.68. The van der Waals surface area contributed by atoms with Gasteiger partial charge in [-0.1, -0.05) is 20.5 Å². The second kappa shape index (κ2) is 9.49. The third kappa shape index (κ3) is 8.50. The number of carbonyl (C=O) groups is 1. The average molecular weight is 627 g/mol. The molecule has 7 heteroatoms. The zero-order valence-corrected chi connectivity index (χ0v) is 17.5. The molecule has 0 amide bonds. The molecule has 0 aromatic carbocycles. The summed E-state index contributed by atoms with van der Waals surface area (Å²) in [6.07, 6.45) is -0.205. The molecule has 1 atom stereocenters. The van der Waals surface area contributed by atoms with Crippen molar-refractivity contribution in [3.63, 3.8) is 0 Å². The molecular formula is C7H12NO4ReRf-. The maximum atomic E-state index is 10.7. The van der Waals surface area contributed by atoms with Gasteiger partial charge in [-0.05, 0) is 12.8 Å². The Morgan fingerprint density at radius 2 is 1.86 bits per heavy atom. The normalized spacial score (nSPS) is 10.3. The third-order valence-corrected chi connectivity index (χ3v) is 1.43. The summed E-state index contributed by atoms with van der Waals surface area (Å²) in [4.78, 5) is 24.0. The minimum absolute atomic E-state index is 0. The van der Waals surface area contributed by atoms with Gasteiger partial charge in [0, 0.05) is 20.4 Å². The Balaban J connectivity index is -0.000000605. The van der Waals surface area contributed by atoms with Crippen molar-refractivity contribution in [1.82, 2.24) is 0 Å². The Labute approximate surface area is 90.7 Å². The molecule has 0 aromatic heterocycles. The Morgan fingerprint density at radius 1 is 1.36 bits per heavy atom. The minimum Gasteiger partial charge on any atom is -0.505 e. The molecule has 0 aliphatic heterocycles. The van der Waals surface area contributed by atoms with Crippen molar-refractivity contribution in [1.29, 1.82) is 0 Å². The fourth-order valence-corrected chi connectivity index (χ4v) is 0.412. The van der Waals surface area contributed by atoms with Gasteiger partial charge < -0.3 is 9.57 Å². The number of carbonyl (C=O) groups excluding carboxylic acids is 1. The van der Waals surface area contributed by atoms with Crippen molar-refractivity contribution in [3.05, 3.63) is 11.5 Å². The van der Waals surface area contributed by atoms with Crippen LogP contribution in [-0.4, -0.2) is 12.1 Å². The summed E-state index contributed by atoms with van der Waals surface area (Å²) in [6.45, 7) is 6.21. The van der Waals surface area contributed by atoms with Crippen LogP contribution in [0.3, 0.4) is 0 Å². The largest absolute Gasteiger partial charge is 0.505 e. The first-order valence-electron chi connectivity index (χ1n) is 3.60. The van der Waals surface area contributed by atoms with Gasteiger partial charge in [0.1, 0.15) is 5.34 Å². The molecule has 1 unspecified atom stereocenters. The van der Waals surface area contributed by atoms with Crippen molar-refractivity contribution in [2.75, 3.05) is 0 Å². The molecule has 0 aliphatic carbocycles. The number of rotatable bonds is 5. The molecule has 5 nitrogen and oxygen atoms in total. The summed E-state index contributed by atoms with van der Waals surface area (Å²) in [5.74, 6) is -0.470. The zero-order valence-electron chi connectivity index (χ0n) is 8.40. The minimum atomic E-state index is -0.698. The zero-order chi connectivity index (χ0) is 9.56. The van der Waals surface area contributed by atoms with Crippen molar-refractivity contribution in [2.24, 2.45) is 11.3 Å². The molecule has 0 N–H and O–H groups in total. The van der Waals surface area contributed by atoms with Crippen LogP contribution in [0.2, 0.25) is 0 Å². The molecule has 79 valence electrons. The summed E-state index contributed by atoms with van der Waals surface area (Å²) in [5.41, 5.74) is 0. The molecule has 0 saturated heterocycles. The van der Waals surface area contributed by atoms with Crippen molar-refractivity contribution < 1.29 is 34.8 Å². The van der Waals surface area contributed by atoms with Gasteiger partial charge in [0.25, 0.3) is 0 Å². The van der Waals surface area contributed by atoms with Crippen LogP contribution in [0.5, 0.6) is 0 Å². The van der Waals surface area contributed by atoms with E-state index in [1.54, 1.807) is 6.92 Å². The Morgan fingerprint density at radius 3 is 2.21 bits per heavy atom. The fraction of sp³-hybridized carbons (Fsp3) is 0.714. The Hall–Kier alpha value is -1.60. The van der Waals surface area contributed by atoms with Crippen molar-refractivity contribution in [3.8, 4) is 0 Å². The molecule has 0 heterocycles. The van der Waals surface area contributed by atoms with Gasteiger partial charge >= 0.3 is 0 Å². The standard InChI is InChI=1S/C7H12NO4.Re.Rf/c1-5(2)6(3)12-7(9)4-11-8-10;;/h4-6H,1-3H3;;/q-1;;. The van der Waals surface area contributed by atoms with Gasteiger partial charge in [-0.15, -0.1) is 4.91 Å². The maximum Gasteiger partial charge on any atom is 0.204 e. The first kappa shape index (κ1) is 18.2. The molecule has 0 aromatic rings. The van der Waals surface area contributed by atoms with Gasteiger partial charge in [-0.2, -0.15) is 0 Å². The number of nitrogens with zero attached hydrogens (tertiary/aromatic N) is 1.